The molecule has 0 saturated heterocycles. The normalized spacial score (nSPS) is 13.9. The Bertz CT molecular complexity index is 1050. The number of aromatic nitrogens is 4. The number of fused-ring (bicyclic) bond motifs is 1. The molecule has 0 atom stereocenters. The molecule has 29 heavy (non-hydrogen) atoms. The number of rotatable bonds is 6. The van der Waals surface area contributed by atoms with Gasteiger partial charge in [-0.05, 0) is 17.7 Å². The van der Waals surface area contributed by atoms with Crippen LogP contribution in [0.2, 0.25) is 0 Å². The van der Waals surface area contributed by atoms with Crippen LogP contribution in [0.25, 0.3) is 11.5 Å². The lowest BCUT2D eigenvalue weighted by Crippen LogP contribution is -2.35. The second-order valence-electron chi connectivity index (χ2n) is 6.97. The minimum Gasteiger partial charge on any atom is -0.496 e. The van der Waals surface area contributed by atoms with Crippen LogP contribution >= 0.6 is 0 Å². The Morgan fingerprint density at radius 1 is 1.24 bits per heavy atom. The van der Waals surface area contributed by atoms with Gasteiger partial charge in [0.1, 0.15) is 11.4 Å². The van der Waals surface area contributed by atoms with E-state index < -0.39 is 0 Å². The van der Waals surface area contributed by atoms with Crippen LogP contribution in [0.4, 0.5) is 0 Å². The summed E-state index contributed by atoms with van der Waals surface area (Å²) < 4.78 is 10.8. The van der Waals surface area contributed by atoms with Crippen LogP contribution in [0.15, 0.2) is 41.6 Å². The van der Waals surface area contributed by atoms with E-state index in [2.05, 4.69) is 30.9 Å². The van der Waals surface area contributed by atoms with E-state index >= 15 is 0 Å². The second-order valence-corrected chi connectivity index (χ2v) is 6.97. The van der Waals surface area contributed by atoms with Gasteiger partial charge in [0.25, 0.3) is 5.56 Å². The third-order valence-corrected chi connectivity index (χ3v) is 5.00. The smallest absolute Gasteiger partial charge is 0.255 e. The van der Waals surface area contributed by atoms with E-state index in [4.69, 9.17) is 9.47 Å². The molecule has 8 heteroatoms. The molecule has 0 aliphatic carbocycles. The number of aromatic amines is 1. The van der Waals surface area contributed by atoms with Crippen molar-refractivity contribution < 1.29 is 9.47 Å². The van der Waals surface area contributed by atoms with Crippen LogP contribution in [-0.2, 0) is 30.9 Å². The number of hydrogen-bond donors (Lipinski definition) is 1. The number of H-pyrrole nitrogens is 1. The Labute approximate surface area is 168 Å². The molecule has 8 nitrogen and oxygen atoms in total. The topological polar surface area (TPSA) is 93.2 Å². The Balaban J connectivity index is 1.57. The first-order chi connectivity index (χ1) is 14.2. The fourth-order valence-corrected chi connectivity index (χ4v) is 3.61. The van der Waals surface area contributed by atoms with Gasteiger partial charge in [0, 0.05) is 51.1 Å². The van der Waals surface area contributed by atoms with Crippen LogP contribution in [0.5, 0.6) is 5.75 Å². The highest BCUT2D eigenvalue weighted by molar-refractivity contribution is 5.47. The molecule has 0 saturated carbocycles. The highest BCUT2D eigenvalue weighted by Gasteiger charge is 2.22. The first kappa shape index (κ1) is 19.2. The molecule has 0 amide bonds. The maximum atomic E-state index is 12.7. The maximum Gasteiger partial charge on any atom is 0.255 e. The number of hydrogen-bond acceptors (Lipinski definition) is 7. The van der Waals surface area contributed by atoms with Crippen molar-refractivity contribution in [3.8, 4) is 17.3 Å². The van der Waals surface area contributed by atoms with Crippen molar-refractivity contribution in [3.63, 3.8) is 0 Å². The average Bonchev–Trinajstić information content (AvgIpc) is 2.75. The first-order valence-electron chi connectivity index (χ1n) is 9.43. The van der Waals surface area contributed by atoms with Gasteiger partial charge in [-0.3, -0.25) is 14.7 Å². The summed E-state index contributed by atoms with van der Waals surface area (Å²) in [6.45, 7) is 2.58. The molecule has 1 aliphatic rings. The lowest BCUT2D eigenvalue weighted by atomic mass is 10.0. The molecule has 150 valence electrons. The lowest BCUT2D eigenvalue weighted by Gasteiger charge is -2.28. The van der Waals surface area contributed by atoms with Crippen molar-refractivity contribution >= 4 is 0 Å². The van der Waals surface area contributed by atoms with Crippen LogP contribution in [0, 0.1) is 0 Å². The van der Waals surface area contributed by atoms with E-state index in [9.17, 15) is 4.79 Å². The molecule has 0 radical (unpaired) electrons. The van der Waals surface area contributed by atoms with Gasteiger partial charge in [0.2, 0.25) is 0 Å². The van der Waals surface area contributed by atoms with Crippen molar-refractivity contribution in [2.75, 3.05) is 20.8 Å². The molecule has 1 aliphatic heterocycles. The van der Waals surface area contributed by atoms with E-state index in [1.807, 2.05) is 12.1 Å². The molecule has 0 spiro atoms. The summed E-state index contributed by atoms with van der Waals surface area (Å²) >= 11 is 0. The Kier molecular flexibility index (Phi) is 5.64. The van der Waals surface area contributed by atoms with Gasteiger partial charge in [0.05, 0.1) is 31.2 Å². The van der Waals surface area contributed by atoms with E-state index in [1.165, 1.54) is 0 Å². The number of nitrogens with zero attached hydrogens (tertiary/aromatic N) is 4. The van der Waals surface area contributed by atoms with Crippen LogP contribution < -0.4 is 10.3 Å². The third-order valence-electron chi connectivity index (χ3n) is 5.00. The number of ether oxygens (including phenoxy) is 2. The monoisotopic (exact) mass is 393 g/mol. The van der Waals surface area contributed by atoms with Gasteiger partial charge in [-0.1, -0.05) is 6.07 Å². The Morgan fingerprint density at radius 2 is 2.14 bits per heavy atom. The number of methoxy groups -OCH3 is 2. The molecule has 3 heterocycles. The maximum absolute atomic E-state index is 12.7. The van der Waals surface area contributed by atoms with Gasteiger partial charge in [-0.15, -0.1) is 0 Å². The van der Waals surface area contributed by atoms with Crippen molar-refractivity contribution in [2.45, 2.75) is 26.1 Å². The zero-order valence-corrected chi connectivity index (χ0v) is 16.5. The van der Waals surface area contributed by atoms with E-state index in [1.54, 1.807) is 32.8 Å². The molecule has 0 bridgehead atoms. The van der Waals surface area contributed by atoms with Crippen molar-refractivity contribution in [1.29, 1.82) is 0 Å². The summed E-state index contributed by atoms with van der Waals surface area (Å²) in [7, 11) is 3.35. The van der Waals surface area contributed by atoms with E-state index in [0.717, 1.165) is 29.1 Å². The van der Waals surface area contributed by atoms with Gasteiger partial charge >= 0.3 is 0 Å². The molecule has 0 unspecified atom stereocenters. The third kappa shape index (κ3) is 4.18. The molecule has 0 fully saturated rings. The molecule has 4 rings (SSSR count). The van der Waals surface area contributed by atoms with Crippen LogP contribution in [0.1, 0.15) is 22.4 Å². The van der Waals surface area contributed by atoms with E-state index in [0.29, 0.717) is 43.2 Å². The quantitative estimate of drug-likeness (QED) is 0.684. The fourth-order valence-electron chi connectivity index (χ4n) is 3.61. The van der Waals surface area contributed by atoms with E-state index in [-0.39, 0.29) is 5.56 Å². The fraction of sp³-hybridized carbons (Fsp3) is 0.333. The Hall–Kier alpha value is -3.10. The van der Waals surface area contributed by atoms with Crippen molar-refractivity contribution in [2.24, 2.45) is 0 Å². The highest BCUT2D eigenvalue weighted by atomic mass is 16.5. The minimum atomic E-state index is -0.125. The molecular formula is C21H23N5O3. The van der Waals surface area contributed by atoms with Crippen molar-refractivity contribution in [1.82, 2.24) is 24.8 Å². The van der Waals surface area contributed by atoms with Crippen LogP contribution in [0.3, 0.4) is 0 Å². The summed E-state index contributed by atoms with van der Waals surface area (Å²) in [6.07, 6.45) is 5.47. The second kappa shape index (κ2) is 8.50. The lowest BCUT2D eigenvalue weighted by molar-refractivity contribution is 0.184. The van der Waals surface area contributed by atoms with Gasteiger partial charge < -0.3 is 14.5 Å². The van der Waals surface area contributed by atoms with Gasteiger partial charge in [-0.2, -0.15) is 0 Å². The predicted octanol–water partition coefficient (Wildman–Crippen LogP) is 1.94. The van der Waals surface area contributed by atoms with Crippen LogP contribution in [-0.4, -0.2) is 45.6 Å². The summed E-state index contributed by atoms with van der Waals surface area (Å²) in [5.74, 6) is 1.30. The number of nitrogens with one attached hydrogen (secondary N) is 1. The van der Waals surface area contributed by atoms with Gasteiger partial charge in [0.15, 0.2) is 5.82 Å². The summed E-state index contributed by atoms with van der Waals surface area (Å²) in [6, 6.07) is 6.06. The summed E-state index contributed by atoms with van der Waals surface area (Å²) in [4.78, 5) is 30.7. The van der Waals surface area contributed by atoms with Gasteiger partial charge in [-0.25, -0.2) is 9.97 Å². The molecule has 3 aromatic rings. The zero-order valence-electron chi connectivity index (χ0n) is 16.5. The molecule has 1 aromatic carbocycles. The zero-order chi connectivity index (χ0) is 20.2. The minimum absolute atomic E-state index is 0.125. The van der Waals surface area contributed by atoms with Crippen molar-refractivity contribution in [3.05, 3.63) is 69.5 Å². The molecule has 1 N–H and O–H groups in total. The molecular weight excluding hydrogens is 370 g/mol. The summed E-state index contributed by atoms with van der Waals surface area (Å²) in [5, 5.41) is 0. The largest absolute Gasteiger partial charge is 0.496 e. The standard InChI is InChI=1S/C21H23N5O3/c1-28-13-14-3-4-19(29-2)15(9-14)11-26-8-5-17-16(12-26)21(27)25-20(24-17)18-10-22-6-7-23-18/h3-4,6-7,9-10H,5,8,11-13H2,1-2H3,(H,24,25,27). The average molecular weight is 393 g/mol. The highest BCUT2D eigenvalue weighted by Crippen LogP contribution is 2.25. The summed E-state index contributed by atoms with van der Waals surface area (Å²) in [5.41, 5.74) is 4.14. The molecule has 2 aromatic heterocycles. The first-order valence-corrected chi connectivity index (χ1v) is 9.43. The Morgan fingerprint density at radius 3 is 2.90 bits per heavy atom. The number of benzene rings is 1. The predicted molar refractivity (Wildman–Crippen MR) is 107 cm³/mol. The SMILES string of the molecule is COCc1ccc(OC)c(CN2CCc3nc(-c4cnccn4)[nH]c(=O)c3C2)c1.